The number of halogens is 2. The van der Waals surface area contributed by atoms with E-state index in [2.05, 4.69) is 5.10 Å². The molecule has 0 aliphatic heterocycles. The van der Waals surface area contributed by atoms with Crippen molar-refractivity contribution < 1.29 is 8.78 Å². The predicted molar refractivity (Wildman–Crippen MR) is 55.0 cm³/mol. The van der Waals surface area contributed by atoms with Crippen molar-refractivity contribution in [2.24, 2.45) is 7.05 Å². The van der Waals surface area contributed by atoms with E-state index in [4.69, 9.17) is 0 Å². The minimum Gasteiger partial charge on any atom is -0.268 e. The Morgan fingerprint density at radius 3 is 2.60 bits per heavy atom. The first-order valence-electron chi connectivity index (χ1n) is 4.71. The maximum absolute atomic E-state index is 13.1. The number of rotatable bonds is 1. The molecule has 0 atom stereocenters. The predicted octanol–water partition coefficient (Wildman–Crippen LogP) is 2.99. The Morgan fingerprint density at radius 2 is 2.00 bits per heavy atom. The third kappa shape index (κ3) is 1.60. The maximum atomic E-state index is 13.1. The summed E-state index contributed by atoms with van der Waals surface area (Å²) in [6.07, 6.45) is 0. The molecule has 2 aromatic rings. The Kier molecular flexibility index (Phi) is 2.03. The van der Waals surface area contributed by atoms with Crippen LogP contribution in [0.15, 0.2) is 18.2 Å². The summed E-state index contributed by atoms with van der Waals surface area (Å²) in [4.78, 5) is 0. The number of aromatic nitrogens is 2. The van der Waals surface area contributed by atoms with Crippen molar-refractivity contribution in [3.05, 3.63) is 29.5 Å². The number of benzene rings is 1. The van der Waals surface area contributed by atoms with Gasteiger partial charge in [0.2, 0.25) is 0 Å². The van der Waals surface area contributed by atoms with Crippen LogP contribution < -0.4 is 0 Å². The van der Waals surface area contributed by atoms with E-state index in [9.17, 15) is 8.78 Å². The highest BCUT2D eigenvalue weighted by Crippen LogP contribution is 2.30. The van der Waals surface area contributed by atoms with Crippen molar-refractivity contribution in [2.45, 2.75) is 19.8 Å². The molecule has 2 rings (SSSR count). The zero-order valence-electron chi connectivity index (χ0n) is 8.88. The number of nitrogens with zero attached hydrogens (tertiary/aromatic N) is 2. The summed E-state index contributed by atoms with van der Waals surface area (Å²) in [6, 6.07) is 4.65. The van der Waals surface area contributed by atoms with E-state index in [-0.39, 0.29) is 5.56 Å². The van der Waals surface area contributed by atoms with Crippen molar-refractivity contribution in [2.75, 3.05) is 0 Å². The molecular formula is C11H12F2N2. The van der Waals surface area contributed by atoms with Gasteiger partial charge in [0.1, 0.15) is 0 Å². The molecule has 0 amide bonds. The fourth-order valence-corrected chi connectivity index (χ4v) is 1.71. The van der Waals surface area contributed by atoms with Crippen LogP contribution in [0.2, 0.25) is 0 Å². The maximum Gasteiger partial charge on any atom is 0.270 e. The summed E-state index contributed by atoms with van der Waals surface area (Å²) in [5.41, 5.74) is 1.63. The van der Waals surface area contributed by atoms with E-state index in [0.29, 0.717) is 0 Å². The monoisotopic (exact) mass is 210 g/mol. The summed E-state index contributed by atoms with van der Waals surface area (Å²) in [7, 11) is 1.76. The molecule has 1 aromatic heterocycles. The smallest absolute Gasteiger partial charge is 0.268 e. The molecule has 0 bridgehead atoms. The quantitative estimate of drug-likeness (QED) is 0.707. The highest BCUT2D eigenvalue weighted by atomic mass is 19.3. The van der Waals surface area contributed by atoms with E-state index in [1.807, 2.05) is 6.92 Å². The van der Waals surface area contributed by atoms with E-state index in [0.717, 1.165) is 23.5 Å². The van der Waals surface area contributed by atoms with Crippen molar-refractivity contribution in [3.8, 4) is 0 Å². The van der Waals surface area contributed by atoms with Gasteiger partial charge in [-0.1, -0.05) is 12.1 Å². The standard InChI is InChI=1S/C11H12F2N2/c1-7-9-5-4-8(11(2,12)13)6-10(9)15(3)14-7/h4-6H,1-3H3. The largest absolute Gasteiger partial charge is 0.270 e. The Hall–Kier alpha value is -1.45. The van der Waals surface area contributed by atoms with E-state index in [1.165, 1.54) is 12.1 Å². The van der Waals surface area contributed by atoms with Gasteiger partial charge in [0.25, 0.3) is 5.92 Å². The number of hydrogen-bond acceptors (Lipinski definition) is 1. The van der Waals surface area contributed by atoms with Gasteiger partial charge in [-0.15, -0.1) is 0 Å². The Balaban J connectivity index is 2.71. The minimum atomic E-state index is -2.80. The topological polar surface area (TPSA) is 17.8 Å². The second-order valence-electron chi connectivity index (χ2n) is 3.83. The summed E-state index contributed by atoms with van der Waals surface area (Å²) in [6.45, 7) is 2.77. The number of hydrogen-bond donors (Lipinski definition) is 0. The summed E-state index contributed by atoms with van der Waals surface area (Å²) in [5, 5.41) is 5.11. The van der Waals surface area contributed by atoms with Crippen LogP contribution in [0.25, 0.3) is 10.9 Å². The molecule has 0 radical (unpaired) electrons. The lowest BCUT2D eigenvalue weighted by Crippen LogP contribution is -2.06. The van der Waals surface area contributed by atoms with E-state index >= 15 is 0 Å². The van der Waals surface area contributed by atoms with Crippen LogP contribution in [-0.4, -0.2) is 9.78 Å². The summed E-state index contributed by atoms with van der Waals surface area (Å²) >= 11 is 0. The molecule has 0 fully saturated rings. The van der Waals surface area contributed by atoms with Crippen LogP contribution in [0.3, 0.4) is 0 Å². The molecule has 1 aromatic carbocycles. The van der Waals surface area contributed by atoms with Crippen molar-refractivity contribution >= 4 is 10.9 Å². The number of fused-ring (bicyclic) bond motifs is 1. The first-order chi connectivity index (χ1) is 6.89. The minimum absolute atomic E-state index is 0.0259. The van der Waals surface area contributed by atoms with Gasteiger partial charge >= 0.3 is 0 Å². The first-order valence-corrected chi connectivity index (χ1v) is 4.71. The van der Waals surface area contributed by atoms with E-state index < -0.39 is 5.92 Å². The molecule has 0 spiro atoms. The van der Waals surface area contributed by atoms with Crippen molar-refractivity contribution in [1.82, 2.24) is 9.78 Å². The molecule has 1 heterocycles. The zero-order chi connectivity index (χ0) is 11.2. The SMILES string of the molecule is Cc1nn(C)c2cc(C(C)(F)F)ccc12. The second kappa shape index (κ2) is 3.02. The fourth-order valence-electron chi connectivity index (χ4n) is 1.71. The Labute approximate surface area is 86.5 Å². The van der Waals surface area contributed by atoms with E-state index in [1.54, 1.807) is 17.8 Å². The Bertz CT molecular complexity index is 509. The van der Waals surface area contributed by atoms with Gasteiger partial charge in [-0.2, -0.15) is 5.10 Å². The van der Waals surface area contributed by atoms with Gasteiger partial charge in [0.15, 0.2) is 0 Å². The fraction of sp³-hybridized carbons (Fsp3) is 0.364. The van der Waals surface area contributed by atoms with Crippen LogP contribution in [0.1, 0.15) is 18.2 Å². The average molecular weight is 210 g/mol. The second-order valence-corrected chi connectivity index (χ2v) is 3.83. The molecule has 0 N–H and O–H groups in total. The molecule has 0 aliphatic rings. The summed E-state index contributed by atoms with van der Waals surface area (Å²) in [5.74, 6) is -2.80. The van der Waals surface area contributed by atoms with Crippen LogP contribution in [0, 0.1) is 6.92 Å². The molecule has 80 valence electrons. The lowest BCUT2D eigenvalue weighted by molar-refractivity contribution is 0.0176. The van der Waals surface area contributed by atoms with Gasteiger partial charge < -0.3 is 0 Å². The molecule has 15 heavy (non-hydrogen) atoms. The first kappa shape index (κ1) is 10.1. The highest BCUT2D eigenvalue weighted by molar-refractivity contribution is 5.82. The molecule has 0 aliphatic carbocycles. The molecular weight excluding hydrogens is 198 g/mol. The van der Waals surface area contributed by atoms with Crippen molar-refractivity contribution in [1.29, 1.82) is 0 Å². The lowest BCUT2D eigenvalue weighted by Gasteiger charge is -2.10. The van der Waals surface area contributed by atoms with Crippen LogP contribution >= 0.6 is 0 Å². The van der Waals surface area contributed by atoms with Gasteiger partial charge in [-0.05, 0) is 13.0 Å². The average Bonchev–Trinajstić information content (AvgIpc) is 2.41. The van der Waals surface area contributed by atoms with Crippen LogP contribution in [0.4, 0.5) is 8.78 Å². The van der Waals surface area contributed by atoms with Gasteiger partial charge in [0, 0.05) is 24.9 Å². The molecule has 0 saturated heterocycles. The molecule has 0 unspecified atom stereocenters. The van der Waals surface area contributed by atoms with Crippen LogP contribution in [-0.2, 0) is 13.0 Å². The third-order valence-electron chi connectivity index (χ3n) is 2.54. The lowest BCUT2D eigenvalue weighted by atomic mass is 10.1. The molecule has 4 heteroatoms. The normalized spacial score (nSPS) is 12.3. The zero-order valence-corrected chi connectivity index (χ0v) is 8.88. The molecule has 2 nitrogen and oxygen atoms in total. The van der Waals surface area contributed by atoms with Gasteiger partial charge in [-0.25, -0.2) is 8.78 Å². The highest BCUT2D eigenvalue weighted by Gasteiger charge is 2.24. The summed E-state index contributed by atoms with van der Waals surface area (Å²) < 4.78 is 27.8. The Morgan fingerprint density at radius 1 is 1.33 bits per heavy atom. The van der Waals surface area contributed by atoms with Gasteiger partial charge in [0.05, 0.1) is 11.2 Å². The number of aryl methyl sites for hydroxylation is 2. The van der Waals surface area contributed by atoms with Gasteiger partial charge in [-0.3, -0.25) is 4.68 Å². The third-order valence-corrected chi connectivity index (χ3v) is 2.54. The van der Waals surface area contributed by atoms with Crippen molar-refractivity contribution in [3.63, 3.8) is 0 Å². The number of alkyl halides is 2. The van der Waals surface area contributed by atoms with Crippen LogP contribution in [0.5, 0.6) is 0 Å². The molecule has 0 saturated carbocycles.